The number of para-hydroxylation sites is 1. The molecule has 1 aliphatic rings. The van der Waals surface area contributed by atoms with Gasteiger partial charge in [-0.1, -0.05) is 41.6 Å². The van der Waals surface area contributed by atoms with Gasteiger partial charge in [-0.15, -0.1) is 0 Å². The summed E-state index contributed by atoms with van der Waals surface area (Å²) in [6.45, 7) is 6.76. The van der Waals surface area contributed by atoms with E-state index < -0.39 is 11.9 Å². The fourth-order valence-electron chi connectivity index (χ4n) is 3.19. The van der Waals surface area contributed by atoms with Gasteiger partial charge in [0.05, 0.1) is 18.5 Å². The number of nitrogens with zero attached hydrogens (tertiary/aromatic N) is 1. The molecule has 3 rings (SSSR count). The Labute approximate surface area is 176 Å². The Morgan fingerprint density at radius 2 is 1.52 bits per heavy atom. The number of hydrogen-bond acceptors (Lipinski definition) is 4. The van der Waals surface area contributed by atoms with Crippen LogP contribution in [0.25, 0.3) is 0 Å². The van der Waals surface area contributed by atoms with E-state index >= 15 is 0 Å². The van der Waals surface area contributed by atoms with Crippen LogP contribution >= 0.6 is 11.8 Å². The number of carboxylic acids is 2. The first-order chi connectivity index (χ1) is 13.9. The van der Waals surface area contributed by atoms with Crippen LogP contribution in [0.2, 0.25) is 0 Å². The summed E-state index contributed by atoms with van der Waals surface area (Å²) in [5.41, 5.74) is 4.11. The van der Waals surface area contributed by atoms with E-state index in [9.17, 15) is 9.59 Å². The summed E-state index contributed by atoms with van der Waals surface area (Å²) in [4.78, 5) is 24.6. The van der Waals surface area contributed by atoms with Gasteiger partial charge in [0.1, 0.15) is 0 Å². The molecule has 2 aromatic rings. The predicted octanol–water partition coefficient (Wildman–Crippen LogP) is 5.38. The van der Waals surface area contributed by atoms with Crippen molar-refractivity contribution < 1.29 is 19.8 Å². The lowest BCUT2D eigenvalue weighted by Crippen LogP contribution is -2.29. The van der Waals surface area contributed by atoms with Crippen molar-refractivity contribution in [3.8, 4) is 0 Å². The van der Waals surface area contributed by atoms with Gasteiger partial charge >= 0.3 is 11.9 Å². The van der Waals surface area contributed by atoms with Crippen LogP contribution in [0, 0.1) is 13.8 Å². The van der Waals surface area contributed by atoms with Crippen molar-refractivity contribution in [2.24, 2.45) is 0 Å². The second-order valence-electron chi connectivity index (χ2n) is 7.17. The summed E-state index contributed by atoms with van der Waals surface area (Å²) in [6, 6.07) is 15.6. The first kappa shape index (κ1) is 22.8. The molecule has 29 heavy (non-hydrogen) atoms. The van der Waals surface area contributed by atoms with Gasteiger partial charge in [-0.3, -0.25) is 9.59 Å². The minimum absolute atomic E-state index is 0.296. The van der Waals surface area contributed by atoms with Gasteiger partial charge in [0.25, 0.3) is 0 Å². The third-order valence-electron chi connectivity index (χ3n) is 4.67. The smallest absolute Gasteiger partial charge is 0.303 e. The quantitative estimate of drug-likeness (QED) is 0.659. The Bertz CT molecular complexity index is 817. The third kappa shape index (κ3) is 7.81. The number of hydrogen-bond donors (Lipinski definition) is 2. The molecule has 6 heteroatoms. The maximum absolute atomic E-state index is 9.64. The number of aryl methyl sites for hydroxylation is 2. The van der Waals surface area contributed by atoms with Gasteiger partial charge < -0.3 is 15.1 Å². The molecule has 5 nitrogen and oxygen atoms in total. The molecule has 0 saturated carbocycles. The number of carbonyl (C=O) groups is 2. The van der Waals surface area contributed by atoms with Crippen molar-refractivity contribution >= 4 is 29.4 Å². The van der Waals surface area contributed by atoms with E-state index in [1.54, 1.807) is 0 Å². The lowest BCUT2D eigenvalue weighted by molar-refractivity contribution is -0.143. The van der Waals surface area contributed by atoms with Gasteiger partial charge in [-0.25, -0.2) is 0 Å². The Balaban J connectivity index is 0.000000321. The third-order valence-corrected chi connectivity index (χ3v) is 5.91. The Hall–Kier alpha value is -2.47. The van der Waals surface area contributed by atoms with E-state index in [1.807, 2.05) is 11.8 Å². The highest BCUT2D eigenvalue weighted by Crippen LogP contribution is 2.37. The molecule has 0 unspecified atom stereocenters. The molecule has 1 heterocycles. The van der Waals surface area contributed by atoms with Crippen LogP contribution < -0.4 is 4.90 Å². The first-order valence-electron chi connectivity index (χ1n) is 9.89. The zero-order valence-electron chi connectivity index (χ0n) is 17.1. The Morgan fingerprint density at radius 1 is 0.897 bits per heavy atom. The van der Waals surface area contributed by atoms with E-state index in [0.29, 0.717) is 0 Å². The van der Waals surface area contributed by atoms with Crippen molar-refractivity contribution in [1.29, 1.82) is 0 Å². The molecule has 0 aromatic heterocycles. The first-order valence-corrected chi connectivity index (χ1v) is 10.7. The summed E-state index contributed by atoms with van der Waals surface area (Å²) < 4.78 is 0. The minimum atomic E-state index is -1.08. The highest BCUT2D eigenvalue weighted by atomic mass is 32.2. The van der Waals surface area contributed by atoms with Gasteiger partial charge in [0, 0.05) is 22.9 Å². The summed E-state index contributed by atoms with van der Waals surface area (Å²) in [7, 11) is 0. The molecule has 0 amide bonds. The molecule has 0 radical (unpaired) electrons. The van der Waals surface area contributed by atoms with Crippen molar-refractivity contribution in [1.82, 2.24) is 0 Å². The van der Waals surface area contributed by atoms with Crippen molar-refractivity contribution in [3.05, 3.63) is 53.6 Å². The van der Waals surface area contributed by atoms with Crippen molar-refractivity contribution in [2.75, 3.05) is 18.0 Å². The average molecular weight is 416 g/mol. The zero-order chi connectivity index (χ0) is 21.2. The topological polar surface area (TPSA) is 77.8 Å². The highest BCUT2D eigenvalue weighted by Gasteiger charge is 2.15. The average Bonchev–Trinajstić information content (AvgIpc) is 2.70. The normalized spacial score (nSPS) is 13.4. The van der Waals surface area contributed by atoms with E-state index in [2.05, 4.69) is 61.2 Å². The number of rotatable bonds is 6. The van der Waals surface area contributed by atoms with Crippen molar-refractivity contribution in [3.63, 3.8) is 0 Å². The summed E-state index contributed by atoms with van der Waals surface area (Å²) in [6.07, 6.45) is 3.43. The van der Waals surface area contributed by atoms with E-state index in [4.69, 9.17) is 10.2 Å². The molecule has 156 valence electrons. The van der Waals surface area contributed by atoms with Gasteiger partial charge in [0.15, 0.2) is 0 Å². The molecule has 2 aromatic carbocycles. The van der Waals surface area contributed by atoms with Crippen LogP contribution in [-0.4, -0.2) is 35.2 Å². The number of aliphatic carboxylic acids is 2. The monoisotopic (exact) mass is 415 g/mol. The molecule has 0 spiro atoms. The lowest BCUT2D eigenvalue weighted by Gasteiger charge is -2.30. The second kappa shape index (κ2) is 11.5. The lowest BCUT2D eigenvalue weighted by atomic mass is 10.1. The van der Waals surface area contributed by atoms with Crippen LogP contribution in [0.1, 0.15) is 43.2 Å². The molecule has 1 aliphatic heterocycles. The maximum Gasteiger partial charge on any atom is 0.303 e. The molecule has 2 N–H and O–H groups in total. The summed E-state index contributed by atoms with van der Waals surface area (Å²) in [5.74, 6) is -2.15. The second-order valence-corrected chi connectivity index (χ2v) is 8.26. The number of anilines is 1. The molecule has 0 bridgehead atoms. The van der Waals surface area contributed by atoms with Crippen LogP contribution in [0.4, 0.5) is 5.69 Å². The molecular formula is C23H29NO4S. The SMILES string of the molecule is Cc1ccc(Sc2ccccc2N2CCCCC2)c(C)c1.O=C(O)CCC(=O)O. The molecular weight excluding hydrogens is 386 g/mol. The van der Waals surface area contributed by atoms with E-state index in [0.717, 1.165) is 0 Å². The van der Waals surface area contributed by atoms with Crippen LogP contribution in [0.5, 0.6) is 0 Å². The zero-order valence-corrected chi connectivity index (χ0v) is 17.9. The van der Waals surface area contributed by atoms with Gasteiger partial charge in [-0.05, 0) is 56.9 Å². The Kier molecular flexibility index (Phi) is 9.06. The fourth-order valence-corrected chi connectivity index (χ4v) is 4.23. The van der Waals surface area contributed by atoms with Gasteiger partial charge in [0.2, 0.25) is 0 Å². The van der Waals surface area contributed by atoms with Crippen LogP contribution in [0.3, 0.4) is 0 Å². The molecule has 0 aliphatic carbocycles. The van der Waals surface area contributed by atoms with Gasteiger partial charge in [-0.2, -0.15) is 0 Å². The van der Waals surface area contributed by atoms with E-state index in [1.165, 1.54) is 59.0 Å². The maximum atomic E-state index is 9.64. The van der Waals surface area contributed by atoms with Crippen molar-refractivity contribution in [2.45, 2.75) is 55.7 Å². The highest BCUT2D eigenvalue weighted by molar-refractivity contribution is 7.99. The minimum Gasteiger partial charge on any atom is -0.481 e. The largest absolute Gasteiger partial charge is 0.481 e. The predicted molar refractivity (Wildman–Crippen MR) is 117 cm³/mol. The molecule has 0 atom stereocenters. The fraction of sp³-hybridized carbons (Fsp3) is 0.391. The Morgan fingerprint density at radius 3 is 2.10 bits per heavy atom. The summed E-state index contributed by atoms with van der Waals surface area (Å²) >= 11 is 1.90. The van der Waals surface area contributed by atoms with E-state index in [-0.39, 0.29) is 12.8 Å². The molecule has 1 saturated heterocycles. The molecule has 1 fully saturated rings. The van der Waals surface area contributed by atoms with Crippen LogP contribution in [0.15, 0.2) is 52.3 Å². The van der Waals surface area contributed by atoms with Crippen LogP contribution in [-0.2, 0) is 9.59 Å². The summed E-state index contributed by atoms with van der Waals surface area (Å²) in [5, 5.41) is 15.8. The number of piperidine rings is 1. The number of carboxylic acid groups (broad SMARTS) is 2. The number of benzene rings is 2. The standard InChI is InChI=1S/C19H23NS.C4H6O4/c1-15-10-11-18(16(2)14-15)21-19-9-5-4-8-17(19)20-12-6-3-7-13-20;5-3(6)1-2-4(7)8/h4-5,8-11,14H,3,6-7,12-13H2,1-2H3;1-2H2,(H,5,6)(H,7,8).